The van der Waals surface area contributed by atoms with Gasteiger partial charge in [-0.1, -0.05) is 12.1 Å². The maximum absolute atomic E-state index is 12.6. The number of amides is 2. The van der Waals surface area contributed by atoms with Crippen molar-refractivity contribution in [1.29, 1.82) is 0 Å². The van der Waals surface area contributed by atoms with Gasteiger partial charge in [0.1, 0.15) is 0 Å². The fourth-order valence-corrected chi connectivity index (χ4v) is 7.83. The molecule has 2 amide bonds. The predicted molar refractivity (Wildman–Crippen MR) is 123 cm³/mol. The van der Waals surface area contributed by atoms with Crippen molar-refractivity contribution in [2.45, 2.75) is 22.3 Å². The molecule has 2 N–H and O–H groups in total. The number of nitrogens with one attached hydrogen (secondary N) is 2. The van der Waals surface area contributed by atoms with E-state index in [0.29, 0.717) is 23.2 Å². The Labute approximate surface area is 190 Å². The molecule has 31 heavy (non-hydrogen) atoms. The standard InChI is InChI=1S/C21H23N3O4S3/c25-19(15-3-5-17(6-4-15)21-29-13-14-30-21)22-23-20(26)16-7-9-18(10-8-16)31(27,28)24-11-1-2-12-24/h3-10,21H,1-2,11-14H2,(H,22,25)(H,23,26). The Bertz CT molecular complexity index is 1040. The van der Waals surface area contributed by atoms with Crippen molar-refractivity contribution in [1.82, 2.24) is 15.2 Å². The molecule has 7 nitrogen and oxygen atoms in total. The van der Waals surface area contributed by atoms with Crippen molar-refractivity contribution in [2.24, 2.45) is 0 Å². The van der Waals surface area contributed by atoms with Gasteiger partial charge in [-0.2, -0.15) is 4.31 Å². The molecule has 2 fully saturated rings. The van der Waals surface area contributed by atoms with Crippen LogP contribution in [0.5, 0.6) is 0 Å². The smallest absolute Gasteiger partial charge is 0.267 e. The first-order valence-corrected chi connectivity index (χ1v) is 13.5. The molecule has 10 heteroatoms. The molecule has 0 aliphatic carbocycles. The molecule has 0 saturated carbocycles. The summed E-state index contributed by atoms with van der Waals surface area (Å²) in [6, 6.07) is 13.1. The number of rotatable bonds is 5. The monoisotopic (exact) mass is 477 g/mol. The maximum Gasteiger partial charge on any atom is 0.269 e. The lowest BCUT2D eigenvalue weighted by Crippen LogP contribution is -2.41. The van der Waals surface area contributed by atoms with Crippen LogP contribution in [0.1, 0.15) is 43.7 Å². The van der Waals surface area contributed by atoms with E-state index < -0.39 is 21.8 Å². The number of carbonyl (C=O) groups excluding carboxylic acids is 2. The summed E-state index contributed by atoms with van der Waals surface area (Å²) < 4.78 is 27.0. The first-order valence-electron chi connectivity index (χ1n) is 9.99. The predicted octanol–water partition coefficient (Wildman–Crippen LogP) is 3.02. The van der Waals surface area contributed by atoms with E-state index in [-0.39, 0.29) is 10.5 Å². The molecule has 0 spiro atoms. The molecular formula is C21H23N3O4S3. The molecule has 4 rings (SSSR count). The third kappa shape index (κ3) is 5.08. The molecule has 0 atom stereocenters. The molecule has 2 aromatic rings. The van der Waals surface area contributed by atoms with E-state index in [1.54, 1.807) is 12.1 Å². The summed E-state index contributed by atoms with van der Waals surface area (Å²) in [6.07, 6.45) is 1.72. The molecule has 2 heterocycles. The highest BCUT2D eigenvalue weighted by atomic mass is 32.2. The average Bonchev–Trinajstić information content (AvgIpc) is 3.52. The highest BCUT2D eigenvalue weighted by molar-refractivity contribution is 8.19. The second-order valence-electron chi connectivity index (χ2n) is 7.24. The van der Waals surface area contributed by atoms with Gasteiger partial charge in [0, 0.05) is 35.7 Å². The zero-order valence-electron chi connectivity index (χ0n) is 16.7. The second kappa shape index (κ2) is 9.64. The van der Waals surface area contributed by atoms with Gasteiger partial charge < -0.3 is 0 Å². The second-order valence-corrected chi connectivity index (χ2v) is 11.9. The quantitative estimate of drug-likeness (QED) is 0.643. The summed E-state index contributed by atoms with van der Waals surface area (Å²) in [5, 5.41) is 0. The summed E-state index contributed by atoms with van der Waals surface area (Å²) in [4.78, 5) is 24.8. The van der Waals surface area contributed by atoms with Crippen LogP contribution in [-0.4, -0.2) is 49.1 Å². The van der Waals surface area contributed by atoms with Crippen LogP contribution in [0, 0.1) is 0 Å². The lowest BCUT2D eigenvalue weighted by molar-refractivity contribution is 0.0846. The van der Waals surface area contributed by atoms with Crippen LogP contribution in [-0.2, 0) is 10.0 Å². The molecule has 164 valence electrons. The molecule has 2 aliphatic rings. The highest BCUT2D eigenvalue weighted by Gasteiger charge is 2.27. The highest BCUT2D eigenvalue weighted by Crippen LogP contribution is 2.45. The van der Waals surface area contributed by atoms with Gasteiger partial charge in [0.25, 0.3) is 11.8 Å². The number of thioether (sulfide) groups is 2. The first kappa shape index (κ1) is 22.2. The van der Waals surface area contributed by atoms with Crippen molar-refractivity contribution in [2.75, 3.05) is 24.6 Å². The average molecular weight is 478 g/mol. The molecule has 2 aromatic carbocycles. The normalized spacial score (nSPS) is 17.5. The lowest BCUT2D eigenvalue weighted by atomic mass is 10.1. The van der Waals surface area contributed by atoms with Gasteiger partial charge in [0.15, 0.2) is 0 Å². The van der Waals surface area contributed by atoms with E-state index in [9.17, 15) is 18.0 Å². The van der Waals surface area contributed by atoms with Crippen molar-refractivity contribution in [3.8, 4) is 0 Å². The third-order valence-corrected chi connectivity index (χ3v) is 10.2. The number of nitrogens with zero attached hydrogens (tertiary/aromatic N) is 1. The van der Waals surface area contributed by atoms with E-state index in [1.165, 1.54) is 34.1 Å². The Balaban J connectivity index is 1.33. The summed E-state index contributed by atoms with van der Waals surface area (Å²) in [6.45, 7) is 1.05. The van der Waals surface area contributed by atoms with E-state index >= 15 is 0 Å². The van der Waals surface area contributed by atoms with Crippen LogP contribution in [0.25, 0.3) is 0 Å². The van der Waals surface area contributed by atoms with E-state index in [2.05, 4.69) is 10.9 Å². The summed E-state index contributed by atoms with van der Waals surface area (Å²) in [7, 11) is -3.52. The molecule has 0 aromatic heterocycles. The Morgan fingerprint density at radius 2 is 1.29 bits per heavy atom. The molecule has 0 radical (unpaired) electrons. The minimum absolute atomic E-state index is 0.161. The van der Waals surface area contributed by atoms with Crippen LogP contribution in [0.3, 0.4) is 0 Å². The van der Waals surface area contributed by atoms with Gasteiger partial charge in [-0.05, 0) is 54.8 Å². The number of sulfonamides is 1. The molecule has 2 aliphatic heterocycles. The van der Waals surface area contributed by atoms with Crippen molar-refractivity contribution in [3.63, 3.8) is 0 Å². The van der Waals surface area contributed by atoms with E-state index in [0.717, 1.165) is 24.3 Å². The zero-order valence-corrected chi connectivity index (χ0v) is 19.2. The molecular weight excluding hydrogens is 454 g/mol. The Kier molecular flexibility index (Phi) is 6.90. The van der Waals surface area contributed by atoms with Gasteiger partial charge in [-0.15, -0.1) is 23.5 Å². The number of hydrazine groups is 1. The van der Waals surface area contributed by atoms with Gasteiger partial charge in [-0.3, -0.25) is 20.4 Å². The number of benzene rings is 2. The Morgan fingerprint density at radius 3 is 1.81 bits per heavy atom. The van der Waals surface area contributed by atoms with Crippen LogP contribution in [0.4, 0.5) is 0 Å². The first-order chi connectivity index (χ1) is 14.9. The summed E-state index contributed by atoms with van der Waals surface area (Å²) in [5.41, 5.74) is 6.66. The summed E-state index contributed by atoms with van der Waals surface area (Å²) in [5.74, 6) is 1.33. The Hall–Kier alpha value is -2.01. The summed E-state index contributed by atoms with van der Waals surface area (Å²) >= 11 is 3.79. The number of hydrogen-bond donors (Lipinski definition) is 2. The van der Waals surface area contributed by atoms with Gasteiger partial charge in [-0.25, -0.2) is 8.42 Å². The van der Waals surface area contributed by atoms with Crippen molar-refractivity contribution < 1.29 is 18.0 Å². The number of carbonyl (C=O) groups is 2. The lowest BCUT2D eigenvalue weighted by Gasteiger charge is -2.15. The largest absolute Gasteiger partial charge is 0.269 e. The van der Waals surface area contributed by atoms with Gasteiger partial charge in [0.2, 0.25) is 10.0 Å². The van der Waals surface area contributed by atoms with Crippen molar-refractivity contribution in [3.05, 3.63) is 65.2 Å². The van der Waals surface area contributed by atoms with E-state index in [4.69, 9.17) is 0 Å². The molecule has 0 unspecified atom stereocenters. The van der Waals surface area contributed by atoms with Crippen LogP contribution in [0.15, 0.2) is 53.4 Å². The Morgan fingerprint density at radius 1 is 0.806 bits per heavy atom. The SMILES string of the molecule is O=C(NNC(=O)c1ccc(S(=O)(=O)N2CCCC2)cc1)c1ccc(C2SCCS2)cc1. The number of hydrogen-bond acceptors (Lipinski definition) is 6. The fraction of sp³-hybridized carbons (Fsp3) is 0.333. The third-order valence-electron chi connectivity index (χ3n) is 5.18. The van der Waals surface area contributed by atoms with Crippen molar-refractivity contribution >= 4 is 45.4 Å². The zero-order chi connectivity index (χ0) is 21.8. The molecule has 0 bridgehead atoms. The fourth-order valence-electron chi connectivity index (χ4n) is 3.46. The molecule has 2 saturated heterocycles. The van der Waals surface area contributed by atoms with Crippen LogP contribution >= 0.6 is 23.5 Å². The minimum Gasteiger partial charge on any atom is -0.267 e. The van der Waals surface area contributed by atoms with Crippen LogP contribution in [0.2, 0.25) is 0 Å². The van der Waals surface area contributed by atoms with Gasteiger partial charge in [0.05, 0.1) is 9.48 Å². The maximum atomic E-state index is 12.6. The van der Waals surface area contributed by atoms with E-state index in [1.807, 2.05) is 35.7 Å². The minimum atomic E-state index is -3.52. The van der Waals surface area contributed by atoms with Crippen LogP contribution < -0.4 is 10.9 Å². The topological polar surface area (TPSA) is 95.6 Å². The van der Waals surface area contributed by atoms with Gasteiger partial charge >= 0.3 is 0 Å².